The summed E-state index contributed by atoms with van der Waals surface area (Å²) < 4.78 is 0. The summed E-state index contributed by atoms with van der Waals surface area (Å²) >= 11 is 0. The van der Waals surface area contributed by atoms with Crippen LogP contribution >= 0.6 is 0 Å². The van der Waals surface area contributed by atoms with E-state index in [1.54, 1.807) is 0 Å². The summed E-state index contributed by atoms with van der Waals surface area (Å²) in [6, 6.07) is 0.748. The van der Waals surface area contributed by atoms with Crippen molar-refractivity contribution < 1.29 is 0 Å². The summed E-state index contributed by atoms with van der Waals surface area (Å²) in [7, 11) is 0. The van der Waals surface area contributed by atoms with Gasteiger partial charge in [0.15, 0.2) is 0 Å². The minimum absolute atomic E-state index is 0.552. The molecule has 2 nitrogen and oxygen atoms in total. The largest absolute Gasteiger partial charge is 0.315 e. The summed E-state index contributed by atoms with van der Waals surface area (Å²) in [5, 5.41) is 3.67. The smallest absolute Gasteiger partial charge is 0.0220 e. The molecule has 114 valence electrons. The van der Waals surface area contributed by atoms with E-state index in [9.17, 15) is 0 Å². The first kappa shape index (κ1) is 17.0. The molecule has 19 heavy (non-hydrogen) atoms. The SMILES string of the molecule is CCCC(CNCC(C)C)N1CCCC(C)(C)CC1. The molecule has 1 N–H and O–H groups in total. The third-order valence-corrected chi connectivity index (χ3v) is 4.45. The van der Waals surface area contributed by atoms with Gasteiger partial charge in [-0.2, -0.15) is 0 Å². The number of nitrogens with zero attached hydrogens (tertiary/aromatic N) is 1. The lowest BCUT2D eigenvalue weighted by atomic mass is 9.85. The molecule has 0 aromatic rings. The van der Waals surface area contributed by atoms with Crippen molar-refractivity contribution in [2.75, 3.05) is 26.2 Å². The summed E-state index contributed by atoms with van der Waals surface area (Å²) in [4.78, 5) is 2.76. The highest BCUT2D eigenvalue weighted by Crippen LogP contribution is 2.30. The van der Waals surface area contributed by atoms with Gasteiger partial charge in [0.1, 0.15) is 0 Å². The van der Waals surface area contributed by atoms with Crippen LogP contribution in [0.15, 0.2) is 0 Å². The fourth-order valence-electron chi connectivity index (χ4n) is 3.09. The summed E-state index contributed by atoms with van der Waals surface area (Å²) in [6.45, 7) is 16.7. The van der Waals surface area contributed by atoms with E-state index in [1.807, 2.05) is 0 Å². The predicted octanol–water partition coefficient (Wildman–Crippen LogP) is 3.91. The van der Waals surface area contributed by atoms with Crippen LogP contribution in [-0.4, -0.2) is 37.1 Å². The van der Waals surface area contributed by atoms with Crippen molar-refractivity contribution in [3.8, 4) is 0 Å². The van der Waals surface area contributed by atoms with Crippen LogP contribution in [0.25, 0.3) is 0 Å². The van der Waals surface area contributed by atoms with E-state index in [1.165, 1.54) is 51.7 Å². The molecule has 0 saturated carbocycles. The Balaban J connectivity index is 2.45. The van der Waals surface area contributed by atoms with Gasteiger partial charge in [-0.25, -0.2) is 0 Å². The van der Waals surface area contributed by atoms with Gasteiger partial charge in [-0.05, 0) is 56.7 Å². The van der Waals surface area contributed by atoms with Crippen molar-refractivity contribution in [2.24, 2.45) is 11.3 Å². The van der Waals surface area contributed by atoms with Crippen molar-refractivity contribution in [2.45, 2.75) is 72.8 Å². The van der Waals surface area contributed by atoms with E-state index in [-0.39, 0.29) is 0 Å². The van der Waals surface area contributed by atoms with Crippen LogP contribution in [0.3, 0.4) is 0 Å². The maximum atomic E-state index is 3.67. The molecule has 0 amide bonds. The summed E-state index contributed by atoms with van der Waals surface area (Å²) in [6.07, 6.45) is 6.76. The van der Waals surface area contributed by atoms with Gasteiger partial charge in [0.25, 0.3) is 0 Å². The van der Waals surface area contributed by atoms with Crippen LogP contribution in [0.2, 0.25) is 0 Å². The van der Waals surface area contributed by atoms with Gasteiger partial charge in [0.05, 0.1) is 0 Å². The Morgan fingerprint density at radius 3 is 2.47 bits per heavy atom. The third kappa shape index (κ3) is 6.76. The van der Waals surface area contributed by atoms with Crippen LogP contribution in [0.5, 0.6) is 0 Å². The van der Waals surface area contributed by atoms with Crippen molar-refractivity contribution in [1.29, 1.82) is 0 Å². The quantitative estimate of drug-likeness (QED) is 0.753. The maximum absolute atomic E-state index is 3.67. The number of nitrogens with one attached hydrogen (secondary N) is 1. The lowest BCUT2D eigenvalue weighted by Gasteiger charge is -2.31. The molecule has 0 radical (unpaired) electrons. The van der Waals surface area contributed by atoms with Gasteiger partial charge in [-0.3, -0.25) is 4.90 Å². The molecule has 1 aliphatic rings. The van der Waals surface area contributed by atoms with Gasteiger partial charge < -0.3 is 5.32 Å². The van der Waals surface area contributed by atoms with Gasteiger partial charge in [-0.15, -0.1) is 0 Å². The van der Waals surface area contributed by atoms with E-state index in [4.69, 9.17) is 0 Å². The minimum atomic E-state index is 0.552. The van der Waals surface area contributed by atoms with Crippen molar-refractivity contribution in [3.05, 3.63) is 0 Å². The number of rotatable bonds is 7. The molecule has 0 bridgehead atoms. The molecule has 1 aliphatic heterocycles. The molecule has 1 atom stereocenters. The Morgan fingerprint density at radius 2 is 1.84 bits per heavy atom. The molecule has 1 unspecified atom stereocenters. The van der Waals surface area contributed by atoms with Crippen molar-refractivity contribution >= 4 is 0 Å². The average molecular weight is 268 g/mol. The molecule has 0 aromatic heterocycles. The van der Waals surface area contributed by atoms with Gasteiger partial charge in [0.2, 0.25) is 0 Å². The van der Waals surface area contributed by atoms with Crippen molar-refractivity contribution in [3.63, 3.8) is 0 Å². The molecule has 1 fully saturated rings. The predicted molar refractivity (Wildman–Crippen MR) is 85.6 cm³/mol. The van der Waals surface area contributed by atoms with E-state index in [2.05, 4.69) is 44.8 Å². The highest BCUT2D eigenvalue weighted by atomic mass is 15.2. The zero-order valence-electron chi connectivity index (χ0n) is 14.0. The van der Waals surface area contributed by atoms with Crippen molar-refractivity contribution in [1.82, 2.24) is 10.2 Å². The molecule has 1 saturated heterocycles. The highest BCUT2D eigenvalue weighted by Gasteiger charge is 2.26. The maximum Gasteiger partial charge on any atom is 0.0220 e. The molecule has 1 heterocycles. The molecular weight excluding hydrogens is 232 g/mol. The number of hydrogen-bond donors (Lipinski definition) is 1. The zero-order valence-corrected chi connectivity index (χ0v) is 14.0. The Kier molecular flexibility index (Phi) is 7.38. The molecule has 2 heteroatoms. The molecule has 1 rings (SSSR count). The van der Waals surface area contributed by atoms with E-state index >= 15 is 0 Å². The molecular formula is C17H36N2. The highest BCUT2D eigenvalue weighted by molar-refractivity contribution is 4.81. The van der Waals surface area contributed by atoms with Gasteiger partial charge in [-0.1, -0.05) is 41.0 Å². The standard InChI is InChI=1S/C17H36N2/c1-6-8-16(14-18-13-15(2)3)19-11-7-9-17(4,5)10-12-19/h15-16,18H,6-14H2,1-5H3. The van der Waals surface area contributed by atoms with Crippen LogP contribution < -0.4 is 5.32 Å². The monoisotopic (exact) mass is 268 g/mol. The number of hydrogen-bond acceptors (Lipinski definition) is 2. The Morgan fingerprint density at radius 1 is 1.11 bits per heavy atom. The zero-order chi connectivity index (χ0) is 14.3. The molecule has 0 spiro atoms. The second-order valence-corrected chi connectivity index (χ2v) is 7.55. The molecule has 0 aliphatic carbocycles. The molecule has 0 aromatic carbocycles. The summed E-state index contributed by atoms with van der Waals surface area (Å²) in [5.41, 5.74) is 0.552. The first-order valence-corrected chi connectivity index (χ1v) is 8.39. The number of likely N-dealkylation sites (tertiary alicyclic amines) is 1. The van der Waals surface area contributed by atoms with E-state index in [0.29, 0.717) is 5.41 Å². The van der Waals surface area contributed by atoms with E-state index in [0.717, 1.165) is 18.5 Å². The van der Waals surface area contributed by atoms with Gasteiger partial charge in [0, 0.05) is 12.6 Å². The van der Waals surface area contributed by atoms with Crippen LogP contribution in [-0.2, 0) is 0 Å². The topological polar surface area (TPSA) is 15.3 Å². The van der Waals surface area contributed by atoms with Crippen LogP contribution in [0, 0.1) is 11.3 Å². The Hall–Kier alpha value is -0.0800. The lowest BCUT2D eigenvalue weighted by molar-refractivity contribution is 0.179. The fourth-order valence-corrected chi connectivity index (χ4v) is 3.09. The normalized spacial score (nSPS) is 22.4. The second kappa shape index (κ2) is 8.26. The van der Waals surface area contributed by atoms with E-state index < -0.39 is 0 Å². The average Bonchev–Trinajstić information content (AvgIpc) is 2.49. The third-order valence-electron chi connectivity index (χ3n) is 4.45. The second-order valence-electron chi connectivity index (χ2n) is 7.55. The minimum Gasteiger partial charge on any atom is -0.315 e. The first-order chi connectivity index (χ1) is 8.94. The van der Waals surface area contributed by atoms with Gasteiger partial charge >= 0.3 is 0 Å². The lowest BCUT2D eigenvalue weighted by Crippen LogP contribution is -2.43. The Labute approximate surface area is 121 Å². The fraction of sp³-hybridized carbons (Fsp3) is 1.00. The first-order valence-electron chi connectivity index (χ1n) is 8.39. The van der Waals surface area contributed by atoms with Crippen LogP contribution in [0.4, 0.5) is 0 Å². The van der Waals surface area contributed by atoms with Crippen LogP contribution in [0.1, 0.15) is 66.7 Å². The Bertz CT molecular complexity index is 235. The summed E-state index contributed by atoms with van der Waals surface area (Å²) in [5.74, 6) is 0.755.